The molecule has 27 heavy (non-hydrogen) atoms. The number of nitrogens with zero attached hydrogens (tertiary/aromatic N) is 4. The summed E-state index contributed by atoms with van der Waals surface area (Å²) in [5.41, 5.74) is 2.03. The number of hydrogen-bond donors (Lipinski definition) is 0. The number of benzene rings is 2. The van der Waals surface area contributed by atoms with Gasteiger partial charge in [-0.3, -0.25) is 0 Å². The molecular formula is C21H18N4OS. The van der Waals surface area contributed by atoms with Crippen LogP contribution in [-0.4, -0.2) is 41.3 Å². The molecule has 1 aliphatic rings. The van der Waals surface area contributed by atoms with Gasteiger partial charge in [0.1, 0.15) is 5.01 Å². The first-order valence-corrected chi connectivity index (χ1v) is 9.80. The molecule has 0 N–H and O–H groups in total. The number of morpholine rings is 1. The number of aromatic nitrogens is 3. The second-order valence-electron chi connectivity index (χ2n) is 6.43. The molecule has 1 saturated heterocycles. The lowest BCUT2D eigenvalue weighted by Gasteiger charge is -2.26. The monoisotopic (exact) mass is 374 g/mol. The van der Waals surface area contributed by atoms with Gasteiger partial charge in [-0.2, -0.15) is 0 Å². The first-order valence-electron chi connectivity index (χ1n) is 8.98. The summed E-state index contributed by atoms with van der Waals surface area (Å²) < 4.78 is 6.57. The Kier molecular flexibility index (Phi) is 4.27. The van der Waals surface area contributed by atoms with Crippen molar-refractivity contribution in [1.82, 2.24) is 15.0 Å². The second kappa shape index (κ2) is 7.06. The van der Waals surface area contributed by atoms with E-state index in [1.165, 1.54) is 15.5 Å². The van der Waals surface area contributed by atoms with Gasteiger partial charge in [-0.15, -0.1) is 11.3 Å². The molecule has 0 aliphatic carbocycles. The molecule has 1 aliphatic heterocycles. The minimum absolute atomic E-state index is 0.733. The molecule has 0 saturated carbocycles. The highest BCUT2D eigenvalue weighted by molar-refractivity contribution is 7.19. The van der Waals surface area contributed by atoms with Gasteiger partial charge in [0.15, 0.2) is 0 Å². The molecule has 5 rings (SSSR count). The highest BCUT2D eigenvalue weighted by atomic mass is 32.1. The molecular weight excluding hydrogens is 356 g/mol. The molecule has 0 amide bonds. The summed E-state index contributed by atoms with van der Waals surface area (Å²) in [5.74, 6) is 0.766. The first kappa shape index (κ1) is 16.4. The van der Waals surface area contributed by atoms with E-state index >= 15 is 0 Å². The van der Waals surface area contributed by atoms with Crippen LogP contribution in [-0.2, 0) is 4.74 Å². The van der Waals surface area contributed by atoms with Crippen LogP contribution in [0.25, 0.3) is 33.1 Å². The maximum Gasteiger partial charge on any atom is 0.225 e. The Morgan fingerprint density at radius 3 is 2.63 bits per heavy atom. The van der Waals surface area contributed by atoms with E-state index in [2.05, 4.69) is 51.3 Å². The van der Waals surface area contributed by atoms with Gasteiger partial charge < -0.3 is 9.64 Å². The van der Waals surface area contributed by atoms with Gasteiger partial charge in [-0.25, -0.2) is 15.0 Å². The van der Waals surface area contributed by atoms with E-state index in [0.717, 1.165) is 48.3 Å². The Morgan fingerprint density at radius 1 is 0.963 bits per heavy atom. The maximum absolute atomic E-state index is 5.37. The summed E-state index contributed by atoms with van der Waals surface area (Å²) in [6.45, 7) is 3.15. The fourth-order valence-corrected chi connectivity index (χ4v) is 4.15. The Labute approximate surface area is 161 Å². The van der Waals surface area contributed by atoms with E-state index < -0.39 is 0 Å². The molecule has 3 heterocycles. The standard InChI is InChI=1S/C21H18N4OS/c1-2-4-17-16(3-1)6-7-18-20(17)24-19(27-18)8-5-15-13-22-21(23-14-15)25-9-11-26-12-10-25/h1-8,13-14H,9-12H2/b8-5+. The summed E-state index contributed by atoms with van der Waals surface area (Å²) in [5, 5.41) is 3.40. The third kappa shape index (κ3) is 3.29. The summed E-state index contributed by atoms with van der Waals surface area (Å²) in [6, 6.07) is 12.7. The fraction of sp³-hybridized carbons (Fsp3) is 0.190. The molecule has 6 heteroatoms. The molecule has 4 aromatic rings. The Balaban J connectivity index is 1.39. The van der Waals surface area contributed by atoms with E-state index in [0.29, 0.717) is 0 Å². The fourth-order valence-electron chi connectivity index (χ4n) is 3.26. The van der Waals surface area contributed by atoms with Gasteiger partial charge >= 0.3 is 0 Å². The third-order valence-corrected chi connectivity index (χ3v) is 5.66. The third-order valence-electron chi connectivity index (χ3n) is 4.67. The van der Waals surface area contributed by atoms with E-state index in [-0.39, 0.29) is 0 Å². The van der Waals surface area contributed by atoms with Crippen molar-refractivity contribution in [3.8, 4) is 0 Å². The molecule has 134 valence electrons. The molecule has 1 fully saturated rings. The van der Waals surface area contributed by atoms with Crippen LogP contribution < -0.4 is 4.90 Å². The van der Waals surface area contributed by atoms with Crippen molar-refractivity contribution >= 4 is 50.4 Å². The van der Waals surface area contributed by atoms with E-state index in [1.807, 2.05) is 24.5 Å². The first-order chi connectivity index (χ1) is 13.4. The van der Waals surface area contributed by atoms with Crippen molar-refractivity contribution in [2.75, 3.05) is 31.2 Å². The molecule has 2 aromatic heterocycles. The maximum atomic E-state index is 5.37. The molecule has 0 unspecified atom stereocenters. The molecule has 2 aromatic carbocycles. The number of anilines is 1. The average molecular weight is 374 g/mol. The number of ether oxygens (including phenoxy) is 1. The van der Waals surface area contributed by atoms with Crippen LogP contribution in [0.2, 0.25) is 0 Å². The van der Waals surface area contributed by atoms with Crippen LogP contribution in [0.3, 0.4) is 0 Å². The average Bonchev–Trinajstić information content (AvgIpc) is 3.17. The summed E-state index contributed by atoms with van der Waals surface area (Å²) in [7, 11) is 0. The topological polar surface area (TPSA) is 51.1 Å². The van der Waals surface area contributed by atoms with Crippen LogP contribution in [0.15, 0.2) is 48.8 Å². The van der Waals surface area contributed by atoms with Crippen molar-refractivity contribution in [2.24, 2.45) is 0 Å². The Hall–Kier alpha value is -2.83. The number of fused-ring (bicyclic) bond motifs is 3. The zero-order chi connectivity index (χ0) is 18.1. The predicted molar refractivity (Wildman–Crippen MR) is 111 cm³/mol. The van der Waals surface area contributed by atoms with Crippen molar-refractivity contribution in [2.45, 2.75) is 0 Å². The molecule has 5 nitrogen and oxygen atoms in total. The van der Waals surface area contributed by atoms with Crippen molar-refractivity contribution in [3.63, 3.8) is 0 Å². The quantitative estimate of drug-likeness (QED) is 0.537. The smallest absolute Gasteiger partial charge is 0.225 e. The van der Waals surface area contributed by atoms with Crippen molar-refractivity contribution < 1.29 is 4.74 Å². The summed E-state index contributed by atoms with van der Waals surface area (Å²) in [4.78, 5) is 15.9. The summed E-state index contributed by atoms with van der Waals surface area (Å²) in [6.07, 6.45) is 7.77. The molecule has 0 atom stereocenters. The van der Waals surface area contributed by atoms with Crippen LogP contribution >= 0.6 is 11.3 Å². The Morgan fingerprint density at radius 2 is 1.78 bits per heavy atom. The zero-order valence-corrected chi connectivity index (χ0v) is 15.5. The van der Waals surface area contributed by atoms with Gasteiger partial charge in [-0.05, 0) is 23.6 Å². The number of thiazole rings is 1. The summed E-state index contributed by atoms with van der Waals surface area (Å²) >= 11 is 1.70. The highest BCUT2D eigenvalue weighted by Crippen LogP contribution is 2.30. The number of hydrogen-bond acceptors (Lipinski definition) is 6. The van der Waals surface area contributed by atoms with E-state index in [9.17, 15) is 0 Å². The molecule has 0 radical (unpaired) electrons. The highest BCUT2D eigenvalue weighted by Gasteiger charge is 2.13. The van der Waals surface area contributed by atoms with Gasteiger partial charge in [0.25, 0.3) is 0 Å². The van der Waals surface area contributed by atoms with Crippen LogP contribution in [0.1, 0.15) is 10.6 Å². The van der Waals surface area contributed by atoms with E-state index in [4.69, 9.17) is 9.72 Å². The SMILES string of the molecule is C(=C\c1nc2c(ccc3ccccc32)s1)/c1cnc(N2CCOCC2)nc1. The lowest BCUT2D eigenvalue weighted by atomic mass is 10.1. The second-order valence-corrected chi connectivity index (χ2v) is 7.50. The minimum atomic E-state index is 0.733. The largest absolute Gasteiger partial charge is 0.378 e. The van der Waals surface area contributed by atoms with Gasteiger partial charge in [0, 0.05) is 36.4 Å². The Bertz CT molecular complexity index is 1110. The van der Waals surface area contributed by atoms with Crippen molar-refractivity contribution in [1.29, 1.82) is 0 Å². The minimum Gasteiger partial charge on any atom is -0.378 e. The zero-order valence-electron chi connectivity index (χ0n) is 14.7. The lowest BCUT2D eigenvalue weighted by Crippen LogP contribution is -2.37. The predicted octanol–water partition coefficient (Wildman–Crippen LogP) is 4.25. The van der Waals surface area contributed by atoms with Crippen molar-refractivity contribution in [3.05, 3.63) is 59.4 Å². The molecule has 0 bridgehead atoms. The lowest BCUT2D eigenvalue weighted by molar-refractivity contribution is 0.122. The normalized spacial score (nSPS) is 15.2. The van der Waals surface area contributed by atoms with Gasteiger partial charge in [0.2, 0.25) is 5.95 Å². The van der Waals surface area contributed by atoms with Crippen LogP contribution in [0, 0.1) is 0 Å². The number of rotatable bonds is 3. The van der Waals surface area contributed by atoms with Gasteiger partial charge in [0.05, 0.1) is 23.4 Å². The van der Waals surface area contributed by atoms with Crippen LogP contribution in [0.5, 0.6) is 0 Å². The van der Waals surface area contributed by atoms with Crippen LogP contribution in [0.4, 0.5) is 5.95 Å². The van der Waals surface area contributed by atoms with Gasteiger partial charge in [-0.1, -0.05) is 30.3 Å². The van der Waals surface area contributed by atoms with E-state index in [1.54, 1.807) is 11.3 Å². The molecule has 0 spiro atoms.